The Morgan fingerprint density at radius 1 is 1.29 bits per heavy atom. The largest absolute Gasteiger partial charge is 0.385 e. The van der Waals surface area contributed by atoms with Gasteiger partial charge in [-0.15, -0.1) is 0 Å². The number of carbonyl (C=O) groups is 1. The molecule has 2 aliphatic rings. The number of nitrogens with zero attached hydrogens (tertiary/aromatic N) is 3. The van der Waals surface area contributed by atoms with Crippen LogP contribution in [0.2, 0.25) is 5.15 Å². The van der Waals surface area contributed by atoms with E-state index in [9.17, 15) is 9.90 Å². The minimum Gasteiger partial charge on any atom is -0.385 e. The second-order valence-electron chi connectivity index (χ2n) is 10.6. The Balaban J connectivity index is 1.68. The van der Waals surface area contributed by atoms with Crippen molar-refractivity contribution in [1.29, 1.82) is 0 Å². The van der Waals surface area contributed by atoms with Crippen LogP contribution in [-0.4, -0.2) is 72.0 Å². The molecule has 200 valence electrons. The maximum absolute atomic E-state index is 13.4. The van der Waals surface area contributed by atoms with Gasteiger partial charge in [0.05, 0.1) is 6.20 Å². The molecule has 3 atom stereocenters. The predicted octanol–water partition coefficient (Wildman–Crippen LogP) is 4.06. The molecule has 0 radical (unpaired) electrons. The second kappa shape index (κ2) is 13.8. The summed E-state index contributed by atoms with van der Waals surface area (Å²) in [6.07, 6.45) is 13.0. The number of methoxy groups -OCH3 is 1. The van der Waals surface area contributed by atoms with Crippen molar-refractivity contribution >= 4 is 17.6 Å². The Morgan fingerprint density at radius 2 is 2.06 bits per heavy atom. The zero-order chi connectivity index (χ0) is 25.3. The molecular formula is C26H46ClN5O3. The molecule has 2 fully saturated rings. The van der Waals surface area contributed by atoms with Crippen LogP contribution in [0.1, 0.15) is 76.5 Å². The van der Waals surface area contributed by atoms with Crippen LogP contribution in [0, 0.1) is 11.8 Å². The SMILES string of the molecule is CNCC(CC1CCCCC1)NC(=O)N1CCC[C@@H]([C@@](O)(CCCCOC)c2ncc(Cl)n2C)C1. The Labute approximate surface area is 216 Å². The topological polar surface area (TPSA) is 91.7 Å². The molecular weight excluding hydrogens is 466 g/mol. The fraction of sp³-hybridized carbons (Fsp3) is 0.846. The molecule has 35 heavy (non-hydrogen) atoms. The molecule has 3 rings (SSSR count). The van der Waals surface area contributed by atoms with E-state index in [1.807, 2.05) is 19.0 Å². The van der Waals surface area contributed by atoms with E-state index in [-0.39, 0.29) is 18.0 Å². The summed E-state index contributed by atoms with van der Waals surface area (Å²) < 4.78 is 6.97. The van der Waals surface area contributed by atoms with Crippen LogP contribution in [0.15, 0.2) is 6.20 Å². The van der Waals surface area contributed by atoms with Crippen molar-refractivity contribution in [3.8, 4) is 0 Å². The number of rotatable bonds is 12. The molecule has 0 aromatic carbocycles. The first-order chi connectivity index (χ1) is 16.9. The van der Waals surface area contributed by atoms with Gasteiger partial charge >= 0.3 is 6.03 Å². The zero-order valence-corrected chi connectivity index (χ0v) is 22.7. The van der Waals surface area contributed by atoms with Crippen molar-refractivity contribution < 1.29 is 14.6 Å². The lowest BCUT2D eigenvalue weighted by Crippen LogP contribution is -2.54. The van der Waals surface area contributed by atoms with Crippen LogP contribution in [0.4, 0.5) is 4.79 Å². The first-order valence-electron chi connectivity index (χ1n) is 13.5. The third-order valence-corrected chi connectivity index (χ3v) is 8.33. The van der Waals surface area contributed by atoms with Gasteiger partial charge in [-0.05, 0) is 51.5 Å². The van der Waals surface area contributed by atoms with Gasteiger partial charge in [0.1, 0.15) is 16.6 Å². The molecule has 1 saturated heterocycles. The fourth-order valence-corrected chi connectivity index (χ4v) is 6.14. The van der Waals surface area contributed by atoms with E-state index in [0.29, 0.717) is 43.0 Å². The first kappa shape index (κ1) is 28.2. The molecule has 8 nitrogen and oxygen atoms in total. The highest BCUT2D eigenvalue weighted by atomic mass is 35.5. The van der Waals surface area contributed by atoms with E-state index in [2.05, 4.69) is 15.6 Å². The summed E-state index contributed by atoms with van der Waals surface area (Å²) in [6, 6.07) is 0.0996. The summed E-state index contributed by atoms with van der Waals surface area (Å²) in [6.45, 7) is 2.64. The van der Waals surface area contributed by atoms with E-state index < -0.39 is 5.60 Å². The minimum atomic E-state index is -1.15. The number of likely N-dealkylation sites (N-methyl/N-ethyl adjacent to an activating group) is 1. The highest BCUT2D eigenvalue weighted by Crippen LogP contribution is 2.39. The van der Waals surface area contributed by atoms with Crippen molar-refractivity contribution in [3.63, 3.8) is 0 Å². The summed E-state index contributed by atoms with van der Waals surface area (Å²) in [4.78, 5) is 19.7. The molecule has 1 aliphatic carbocycles. The molecule has 3 N–H and O–H groups in total. The molecule has 0 spiro atoms. The van der Waals surface area contributed by atoms with Gasteiger partial charge < -0.3 is 29.9 Å². The number of aromatic nitrogens is 2. The van der Waals surface area contributed by atoms with Crippen LogP contribution in [-0.2, 0) is 17.4 Å². The summed E-state index contributed by atoms with van der Waals surface area (Å²) >= 11 is 6.29. The van der Waals surface area contributed by atoms with Gasteiger partial charge in [-0.25, -0.2) is 9.78 Å². The number of hydrogen-bond donors (Lipinski definition) is 3. The number of aliphatic hydroxyl groups is 1. The number of hydrogen-bond acceptors (Lipinski definition) is 5. The summed E-state index contributed by atoms with van der Waals surface area (Å²) in [5.74, 6) is 1.17. The Morgan fingerprint density at radius 3 is 2.71 bits per heavy atom. The maximum Gasteiger partial charge on any atom is 0.317 e. The number of carbonyl (C=O) groups excluding carboxylic acids is 1. The lowest BCUT2D eigenvalue weighted by molar-refractivity contribution is -0.0649. The number of urea groups is 1. The summed E-state index contributed by atoms with van der Waals surface area (Å²) in [5.41, 5.74) is -1.15. The number of imidazole rings is 1. The Kier molecular flexibility index (Phi) is 11.1. The van der Waals surface area contributed by atoms with Gasteiger partial charge in [-0.1, -0.05) is 43.7 Å². The Bertz CT molecular complexity index is 785. The van der Waals surface area contributed by atoms with Gasteiger partial charge in [-0.2, -0.15) is 0 Å². The Hall–Kier alpha value is -1.35. The van der Waals surface area contributed by atoms with Gasteiger partial charge in [0.15, 0.2) is 0 Å². The fourth-order valence-electron chi connectivity index (χ4n) is 6.01. The van der Waals surface area contributed by atoms with Crippen molar-refractivity contribution in [2.75, 3.05) is 40.4 Å². The summed E-state index contributed by atoms with van der Waals surface area (Å²) in [5, 5.41) is 19.1. The molecule has 2 heterocycles. The van der Waals surface area contributed by atoms with Crippen molar-refractivity contribution in [1.82, 2.24) is 25.1 Å². The van der Waals surface area contributed by atoms with Gasteiger partial charge in [0.25, 0.3) is 0 Å². The van der Waals surface area contributed by atoms with Gasteiger partial charge in [0.2, 0.25) is 0 Å². The lowest BCUT2D eigenvalue weighted by atomic mass is 9.77. The van der Waals surface area contributed by atoms with Crippen molar-refractivity contribution in [3.05, 3.63) is 17.2 Å². The highest BCUT2D eigenvalue weighted by Gasteiger charge is 2.44. The third kappa shape index (κ3) is 7.57. The number of likely N-dealkylation sites (tertiary alicyclic amines) is 1. The lowest BCUT2D eigenvalue weighted by Gasteiger charge is -2.42. The normalized spacial score (nSPS) is 22.1. The molecule has 1 saturated carbocycles. The monoisotopic (exact) mass is 511 g/mol. The molecule has 1 aromatic rings. The van der Waals surface area contributed by atoms with Gasteiger partial charge in [-0.3, -0.25) is 0 Å². The molecule has 1 unspecified atom stereocenters. The number of halogens is 1. The molecule has 9 heteroatoms. The molecule has 1 aromatic heterocycles. The highest BCUT2D eigenvalue weighted by molar-refractivity contribution is 6.29. The number of ether oxygens (including phenoxy) is 1. The van der Waals surface area contributed by atoms with E-state index in [1.54, 1.807) is 17.9 Å². The number of piperidine rings is 1. The average Bonchev–Trinajstić information content (AvgIpc) is 3.21. The van der Waals surface area contributed by atoms with Crippen molar-refractivity contribution in [2.45, 2.75) is 82.3 Å². The maximum atomic E-state index is 13.4. The first-order valence-corrected chi connectivity index (χ1v) is 13.9. The van der Waals surface area contributed by atoms with E-state index in [4.69, 9.17) is 16.3 Å². The summed E-state index contributed by atoms with van der Waals surface area (Å²) in [7, 11) is 5.47. The van der Waals surface area contributed by atoms with E-state index in [1.165, 1.54) is 32.1 Å². The minimum absolute atomic E-state index is 0.0228. The van der Waals surface area contributed by atoms with E-state index >= 15 is 0 Å². The number of nitrogens with one attached hydrogen (secondary N) is 2. The smallest absolute Gasteiger partial charge is 0.317 e. The van der Waals surface area contributed by atoms with Crippen LogP contribution >= 0.6 is 11.6 Å². The molecule has 0 bridgehead atoms. The quantitative estimate of drug-likeness (QED) is 0.368. The van der Waals surface area contributed by atoms with E-state index in [0.717, 1.165) is 38.6 Å². The number of amides is 2. The average molecular weight is 512 g/mol. The molecule has 1 aliphatic heterocycles. The van der Waals surface area contributed by atoms with Crippen LogP contribution in [0.25, 0.3) is 0 Å². The predicted molar refractivity (Wildman–Crippen MR) is 140 cm³/mol. The van der Waals surface area contributed by atoms with Crippen LogP contribution < -0.4 is 10.6 Å². The third-order valence-electron chi connectivity index (χ3n) is 7.98. The van der Waals surface area contributed by atoms with Crippen LogP contribution in [0.5, 0.6) is 0 Å². The van der Waals surface area contributed by atoms with Crippen molar-refractivity contribution in [2.24, 2.45) is 18.9 Å². The standard InChI is InChI=1S/C26H46ClN5O3/c1-28-17-22(16-20-10-5-4-6-11-20)30-25(33)32-14-9-12-21(19-32)26(34,13-7-8-15-35-3)24-29-18-23(27)31(24)2/h18,20-22,28,34H,4-17,19H2,1-3H3,(H,30,33)/t21-,22?,26+/m1/s1. The zero-order valence-electron chi connectivity index (χ0n) is 21.9. The van der Waals surface area contributed by atoms with Crippen LogP contribution in [0.3, 0.4) is 0 Å². The number of unbranched alkanes of at least 4 members (excludes halogenated alkanes) is 1. The van der Waals surface area contributed by atoms with Gasteiger partial charge in [0, 0.05) is 52.4 Å². The molecule has 2 amide bonds. The second-order valence-corrected chi connectivity index (χ2v) is 11.0.